The van der Waals surface area contributed by atoms with Crippen LogP contribution in [0.25, 0.3) is 11.1 Å². The lowest BCUT2D eigenvalue weighted by Gasteiger charge is -2.25. The smallest absolute Gasteiger partial charge is 0.407 e. The summed E-state index contributed by atoms with van der Waals surface area (Å²) < 4.78 is 5.85. The van der Waals surface area contributed by atoms with E-state index in [4.69, 9.17) is 15.1 Å². The number of carboxylic acid groups (broad SMARTS) is 1. The summed E-state index contributed by atoms with van der Waals surface area (Å²) in [4.78, 5) is 16.9. The monoisotopic (exact) mass is 337 g/mol. The third-order valence-corrected chi connectivity index (χ3v) is 4.72. The molecule has 1 N–H and O–H groups in total. The number of rotatable bonds is 5. The summed E-state index contributed by atoms with van der Waals surface area (Å²) in [6, 6.07) is 11.3. The number of hydrogen-bond donors (Lipinski definition) is 1. The molecule has 1 amide bonds. The first-order chi connectivity index (χ1) is 11.9. The van der Waals surface area contributed by atoms with Crippen molar-refractivity contribution in [2.24, 2.45) is 0 Å². The molecule has 1 aromatic heterocycles. The SMILES string of the molecule is Cc1ncc(OCC2(N(C)C(=O)O)CC2)cc1-c1ccc(C#N)cc1. The molecule has 128 valence electrons. The summed E-state index contributed by atoms with van der Waals surface area (Å²) in [5.74, 6) is 0.607. The number of nitriles is 1. The second kappa shape index (κ2) is 6.44. The second-order valence-electron chi connectivity index (χ2n) is 6.35. The van der Waals surface area contributed by atoms with Gasteiger partial charge >= 0.3 is 6.09 Å². The van der Waals surface area contributed by atoms with Crippen molar-refractivity contribution in [3.63, 3.8) is 0 Å². The van der Waals surface area contributed by atoms with E-state index in [1.807, 2.05) is 25.1 Å². The standard InChI is InChI=1S/C19H19N3O3/c1-13-17(15-5-3-14(10-20)4-6-15)9-16(11-21-13)25-12-19(7-8-19)22(2)18(23)24/h3-6,9,11H,7-8,12H2,1-2H3,(H,23,24). The van der Waals surface area contributed by atoms with Crippen molar-refractivity contribution in [3.05, 3.63) is 47.8 Å². The molecule has 1 aliphatic carbocycles. The Hall–Kier alpha value is -3.07. The molecule has 0 unspecified atom stereocenters. The number of amides is 1. The summed E-state index contributed by atoms with van der Waals surface area (Å²) in [5.41, 5.74) is 2.93. The van der Waals surface area contributed by atoms with Crippen molar-refractivity contribution >= 4 is 6.09 Å². The molecule has 1 aliphatic rings. The zero-order valence-corrected chi connectivity index (χ0v) is 14.2. The van der Waals surface area contributed by atoms with Crippen LogP contribution in [0.3, 0.4) is 0 Å². The molecule has 1 fully saturated rings. The number of carbonyl (C=O) groups is 1. The van der Waals surface area contributed by atoms with Gasteiger partial charge in [-0.15, -0.1) is 0 Å². The maximum absolute atomic E-state index is 11.2. The van der Waals surface area contributed by atoms with Crippen LogP contribution in [0.5, 0.6) is 5.75 Å². The van der Waals surface area contributed by atoms with Crippen molar-refractivity contribution < 1.29 is 14.6 Å². The van der Waals surface area contributed by atoms with Crippen LogP contribution in [-0.2, 0) is 0 Å². The quantitative estimate of drug-likeness (QED) is 0.903. The van der Waals surface area contributed by atoms with Crippen LogP contribution in [0.15, 0.2) is 36.5 Å². The van der Waals surface area contributed by atoms with Gasteiger partial charge in [-0.2, -0.15) is 5.26 Å². The van der Waals surface area contributed by atoms with Crippen LogP contribution in [-0.4, -0.2) is 40.3 Å². The van der Waals surface area contributed by atoms with Gasteiger partial charge in [-0.05, 0) is 43.5 Å². The first-order valence-corrected chi connectivity index (χ1v) is 8.02. The molecule has 6 heteroatoms. The van der Waals surface area contributed by atoms with Gasteiger partial charge in [0.1, 0.15) is 12.4 Å². The lowest BCUT2D eigenvalue weighted by molar-refractivity contribution is 0.109. The van der Waals surface area contributed by atoms with Crippen molar-refractivity contribution in [3.8, 4) is 22.9 Å². The van der Waals surface area contributed by atoms with E-state index >= 15 is 0 Å². The van der Waals surface area contributed by atoms with E-state index in [1.165, 1.54) is 4.90 Å². The fourth-order valence-corrected chi connectivity index (χ4v) is 2.75. The van der Waals surface area contributed by atoms with E-state index < -0.39 is 11.6 Å². The minimum atomic E-state index is -0.943. The van der Waals surface area contributed by atoms with Gasteiger partial charge in [0, 0.05) is 18.3 Å². The number of likely N-dealkylation sites (N-methyl/N-ethyl adjacent to an activating group) is 1. The number of aryl methyl sites for hydroxylation is 1. The maximum atomic E-state index is 11.2. The van der Waals surface area contributed by atoms with Crippen molar-refractivity contribution in [1.29, 1.82) is 5.26 Å². The lowest BCUT2D eigenvalue weighted by Crippen LogP contribution is -2.42. The molecule has 0 saturated heterocycles. The van der Waals surface area contributed by atoms with Gasteiger partial charge in [0.25, 0.3) is 0 Å². The van der Waals surface area contributed by atoms with Gasteiger partial charge in [0.2, 0.25) is 0 Å². The molecular weight excluding hydrogens is 318 g/mol. The number of aromatic nitrogens is 1. The molecule has 6 nitrogen and oxygen atoms in total. The Bertz CT molecular complexity index is 836. The fourth-order valence-electron chi connectivity index (χ4n) is 2.75. The number of pyridine rings is 1. The summed E-state index contributed by atoms with van der Waals surface area (Å²) >= 11 is 0. The number of ether oxygens (including phenoxy) is 1. The molecule has 0 spiro atoms. The van der Waals surface area contributed by atoms with Gasteiger partial charge < -0.3 is 14.7 Å². The average Bonchev–Trinajstić information content (AvgIpc) is 3.41. The third kappa shape index (κ3) is 3.41. The fraction of sp³-hybridized carbons (Fsp3) is 0.316. The zero-order chi connectivity index (χ0) is 18.0. The highest BCUT2D eigenvalue weighted by molar-refractivity contribution is 5.68. The molecule has 1 aromatic carbocycles. The molecule has 0 atom stereocenters. The van der Waals surface area contributed by atoms with Crippen LogP contribution in [0, 0.1) is 18.3 Å². The molecule has 25 heavy (non-hydrogen) atoms. The van der Waals surface area contributed by atoms with E-state index in [-0.39, 0.29) is 0 Å². The highest BCUT2D eigenvalue weighted by Crippen LogP contribution is 2.41. The van der Waals surface area contributed by atoms with Gasteiger partial charge in [0.05, 0.1) is 23.4 Å². The molecule has 1 heterocycles. The molecule has 1 saturated carbocycles. The predicted octanol–water partition coefficient (Wildman–Crippen LogP) is 3.45. The second-order valence-corrected chi connectivity index (χ2v) is 6.35. The first-order valence-electron chi connectivity index (χ1n) is 8.02. The van der Waals surface area contributed by atoms with Gasteiger partial charge in [-0.25, -0.2) is 4.79 Å². The summed E-state index contributed by atoms with van der Waals surface area (Å²) in [5, 5.41) is 18.1. The molecular formula is C19H19N3O3. The summed E-state index contributed by atoms with van der Waals surface area (Å²) in [6.07, 6.45) is 2.32. The number of benzene rings is 1. The van der Waals surface area contributed by atoms with Gasteiger partial charge in [0.15, 0.2) is 0 Å². The van der Waals surface area contributed by atoms with Crippen LogP contribution < -0.4 is 4.74 Å². The zero-order valence-electron chi connectivity index (χ0n) is 14.2. The van der Waals surface area contributed by atoms with Crippen molar-refractivity contribution in [1.82, 2.24) is 9.88 Å². The Labute approximate surface area is 146 Å². The summed E-state index contributed by atoms with van der Waals surface area (Å²) in [6.45, 7) is 2.23. The Balaban J connectivity index is 1.78. The molecule has 0 radical (unpaired) electrons. The van der Waals surface area contributed by atoms with E-state index in [0.717, 1.165) is 29.7 Å². The molecule has 3 rings (SSSR count). The minimum Gasteiger partial charge on any atom is -0.490 e. The minimum absolute atomic E-state index is 0.313. The normalized spacial score (nSPS) is 14.4. The maximum Gasteiger partial charge on any atom is 0.407 e. The molecule has 0 bridgehead atoms. The average molecular weight is 337 g/mol. The molecule has 0 aliphatic heterocycles. The Morgan fingerprint density at radius 1 is 1.40 bits per heavy atom. The van der Waals surface area contributed by atoms with E-state index in [0.29, 0.717) is 17.9 Å². The van der Waals surface area contributed by atoms with E-state index in [1.54, 1.807) is 25.4 Å². The Morgan fingerprint density at radius 2 is 2.08 bits per heavy atom. The highest BCUT2D eigenvalue weighted by atomic mass is 16.5. The van der Waals surface area contributed by atoms with Crippen LogP contribution in [0.1, 0.15) is 24.1 Å². The van der Waals surface area contributed by atoms with Gasteiger partial charge in [-0.3, -0.25) is 4.98 Å². The highest BCUT2D eigenvalue weighted by Gasteiger charge is 2.49. The van der Waals surface area contributed by atoms with Crippen molar-refractivity contribution in [2.75, 3.05) is 13.7 Å². The van der Waals surface area contributed by atoms with Crippen molar-refractivity contribution in [2.45, 2.75) is 25.3 Å². The lowest BCUT2D eigenvalue weighted by atomic mass is 10.0. The van der Waals surface area contributed by atoms with E-state index in [9.17, 15) is 4.79 Å². The number of nitrogens with zero attached hydrogens (tertiary/aromatic N) is 3. The van der Waals surface area contributed by atoms with Crippen LogP contribution in [0.2, 0.25) is 0 Å². The van der Waals surface area contributed by atoms with Gasteiger partial charge in [-0.1, -0.05) is 12.1 Å². The van der Waals surface area contributed by atoms with Crippen LogP contribution in [0.4, 0.5) is 4.79 Å². The Kier molecular flexibility index (Phi) is 4.32. The van der Waals surface area contributed by atoms with E-state index in [2.05, 4.69) is 11.1 Å². The topological polar surface area (TPSA) is 86.4 Å². The van der Waals surface area contributed by atoms with Crippen LogP contribution >= 0.6 is 0 Å². The predicted molar refractivity (Wildman–Crippen MR) is 92.4 cm³/mol. The summed E-state index contributed by atoms with van der Waals surface area (Å²) in [7, 11) is 1.58. The first kappa shape index (κ1) is 16.8. The number of hydrogen-bond acceptors (Lipinski definition) is 4. The largest absolute Gasteiger partial charge is 0.490 e. The molecule has 2 aromatic rings. The Morgan fingerprint density at radius 3 is 2.64 bits per heavy atom. The third-order valence-electron chi connectivity index (χ3n) is 4.72.